The first-order valence-electron chi connectivity index (χ1n) is 9.00. The summed E-state index contributed by atoms with van der Waals surface area (Å²) in [5, 5.41) is 0.324. The zero-order chi connectivity index (χ0) is 16.4. The van der Waals surface area contributed by atoms with Crippen molar-refractivity contribution in [2.45, 2.75) is 104 Å². The minimum absolute atomic E-state index is 0.324. The Morgan fingerprint density at radius 2 is 1.57 bits per heavy atom. The molecule has 2 heteroatoms. The van der Waals surface area contributed by atoms with Crippen LogP contribution in [0.2, 0.25) is 18.1 Å². The topological polar surface area (TPSA) is 9.23 Å². The number of hydrogen-bond donors (Lipinski definition) is 0. The largest absolute Gasteiger partial charge is 0.417 e. The van der Waals surface area contributed by atoms with Gasteiger partial charge in [0.2, 0.25) is 0 Å². The summed E-state index contributed by atoms with van der Waals surface area (Å²) < 4.78 is 6.21. The van der Waals surface area contributed by atoms with E-state index in [4.69, 9.17) is 4.43 Å². The molecule has 0 atom stereocenters. The maximum Gasteiger partial charge on any atom is 0.191 e. The Kier molecular flexibility index (Phi) is 10.6. The summed E-state index contributed by atoms with van der Waals surface area (Å²) in [6.45, 7) is 17.0. The highest BCUT2D eigenvalue weighted by molar-refractivity contribution is 6.74. The van der Waals surface area contributed by atoms with Crippen molar-refractivity contribution in [1.29, 1.82) is 0 Å². The number of hydrogen-bond acceptors (Lipinski definition) is 1. The van der Waals surface area contributed by atoms with Crippen LogP contribution in [-0.4, -0.2) is 14.9 Å². The molecule has 21 heavy (non-hydrogen) atoms. The van der Waals surface area contributed by atoms with Gasteiger partial charge in [0.05, 0.1) is 0 Å². The molecular weight excluding hydrogens is 272 g/mol. The monoisotopic (exact) mass is 312 g/mol. The highest BCUT2D eigenvalue weighted by Crippen LogP contribution is 2.36. The molecule has 0 spiro atoms. The molecule has 0 aliphatic heterocycles. The van der Waals surface area contributed by atoms with E-state index in [9.17, 15) is 0 Å². The van der Waals surface area contributed by atoms with Crippen molar-refractivity contribution in [2.75, 3.05) is 6.61 Å². The Balaban J connectivity index is 3.74. The normalized spacial score (nSPS) is 13.8. The van der Waals surface area contributed by atoms with Gasteiger partial charge >= 0.3 is 0 Å². The predicted octanol–water partition coefficient (Wildman–Crippen LogP) is 7.10. The lowest BCUT2D eigenvalue weighted by molar-refractivity contribution is 0.294. The molecule has 0 saturated carbocycles. The molecule has 0 rings (SSSR count). The van der Waals surface area contributed by atoms with Crippen LogP contribution >= 0.6 is 0 Å². The first-order valence-corrected chi connectivity index (χ1v) is 11.9. The van der Waals surface area contributed by atoms with Gasteiger partial charge in [-0.15, -0.1) is 0 Å². The maximum absolute atomic E-state index is 6.21. The second-order valence-electron chi connectivity index (χ2n) is 7.97. The van der Waals surface area contributed by atoms with Crippen LogP contribution in [0.1, 0.15) is 86.0 Å². The van der Waals surface area contributed by atoms with Crippen LogP contribution in [0.4, 0.5) is 0 Å². The molecule has 0 heterocycles. The number of rotatable bonds is 11. The third-order valence-electron chi connectivity index (χ3n) is 4.80. The molecule has 1 nitrogen and oxygen atoms in total. The molecule has 0 unspecified atom stereocenters. The van der Waals surface area contributed by atoms with Crippen LogP contribution in [-0.2, 0) is 4.43 Å². The third kappa shape index (κ3) is 10.3. The minimum atomic E-state index is -1.55. The van der Waals surface area contributed by atoms with Crippen molar-refractivity contribution < 1.29 is 4.43 Å². The van der Waals surface area contributed by atoms with Crippen LogP contribution in [0.15, 0.2) is 11.6 Å². The van der Waals surface area contributed by atoms with Crippen molar-refractivity contribution >= 4 is 8.32 Å². The highest BCUT2D eigenvalue weighted by atomic mass is 28.4. The van der Waals surface area contributed by atoms with Gasteiger partial charge in [-0.25, -0.2) is 0 Å². The maximum atomic E-state index is 6.21. The van der Waals surface area contributed by atoms with Gasteiger partial charge in [0.1, 0.15) is 0 Å². The van der Waals surface area contributed by atoms with E-state index in [1.54, 1.807) is 5.57 Å². The molecule has 0 bridgehead atoms. The summed E-state index contributed by atoms with van der Waals surface area (Å²) in [6, 6.07) is 0. The standard InChI is InChI=1S/C19H40OSi/c1-8-9-10-11-12-13-15-18(2)16-14-17-20-21(6,7)19(3,4)5/h16H,8-15,17H2,1-7H3/b18-16-. The van der Waals surface area contributed by atoms with Gasteiger partial charge < -0.3 is 4.43 Å². The van der Waals surface area contributed by atoms with E-state index in [1.165, 1.54) is 44.9 Å². The van der Waals surface area contributed by atoms with Crippen molar-refractivity contribution in [3.63, 3.8) is 0 Å². The quantitative estimate of drug-likeness (QED) is 0.225. The number of unbranched alkanes of at least 4 members (excludes halogenated alkanes) is 5. The third-order valence-corrected chi connectivity index (χ3v) is 9.34. The smallest absolute Gasteiger partial charge is 0.191 e. The van der Waals surface area contributed by atoms with E-state index >= 15 is 0 Å². The molecule has 0 aromatic rings. The van der Waals surface area contributed by atoms with E-state index in [0.717, 1.165) is 13.0 Å². The fraction of sp³-hybridized carbons (Fsp3) is 0.895. The second kappa shape index (κ2) is 10.6. The van der Waals surface area contributed by atoms with Crippen LogP contribution in [0.25, 0.3) is 0 Å². The molecule has 0 aromatic heterocycles. The fourth-order valence-electron chi connectivity index (χ4n) is 2.12. The molecule has 126 valence electrons. The molecular formula is C19H40OSi. The van der Waals surface area contributed by atoms with E-state index in [-0.39, 0.29) is 0 Å². The molecule has 0 radical (unpaired) electrons. The Morgan fingerprint density at radius 3 is 2.14 bits per heavy atom. The van der Waals surface area contributed by atoms with E-state index < -0.39 is 8.32 Å². The van der Waals surface area contributed by atoms with E-state index in [2.05, 4.69) is 53.8 Å². The molecule has 0 N–H and O–H groups in total. The Hall–Kier alpha value is -0.0831. The molecule has 0 aliphatic rings. The second-order valence-corrected chi connectivity index (χ2v) is 12.8. The minimum Gasteiger partial charge on any atom is -0.417 e. The lowest BCUT2D eigenvalue weighted by atomic mass is 10.1. The fourth-order valence-corrected chi connectivity index (χ4v) is 3.18. The lowest BCUT2D eigenvalue weighted by Gasteiger charge is -2.36. The number of allylic oxidation sites excluding steroid dienone is 1. The summed E-state index contributed by atoms with van der Waals surface area (Å²) >= 11 is 0. The Morgan fingerprint density at radius 1 is 1.00 bits per heavy atom. The van der Waals surface area contributed by atoms with Crippen molar-refractivity contribution in [3.8, 4) is 0 Å². The van der Waals surface area contributed by atoms with Crippen molar-refractivity contribution in [3.05, 3.63) is 11.6 Å². The molecule has 0 aliphatic carbocycles. The molecule has 0 fully saturated rings. The van der Waals surface area contributed by atoms with Crippen LogP contribution < -0.4 is 0 Å². The van der Waals surface area contributed by atoms with E-state index in [1.807, 2.05) is 0 Å². The summed E-state index contributed by atoms with van der Waals surface area (Å²) in [6.07, 6.45) is 13.1. The zero-order valence-corrected chi connectivity index (χ0v) is 16.8. The van der Waals surface area contributed by atoms with Crippen LogP contribution in [0.5, 0.6) is 0 Å². The van der Waals surface area contributed by atoms with Crippen molar-refractivity contribution in [2.24, 2.45) is 0 Å². The van der Waals surface area contributed by atoms with Gasteiger partial charge in [0, 0.05) is 6.61 Å². The Bertz CT molecular complexity index is 286. The van der Waals surface area contributed by atoms with Crippen molar-refractivity contribution in [1.82, 2.24) is 0 Å². The first kappa shape index (κ1) is 20.9. The summed E-state index contributed by atoms with van der Waals surface area (Å²) in [7, 11) is -1.55. The van der Waals surface area contributed by atoms with Gasteiger partial charge in [-0.05, 0) is 44.3 Å². The summed E-state index contributed by atoms with van der Waals surface area (Å²) in [4.78, 5) is 0. The van der Waals surface area contributed by atoms with Gasteiger partial charge in [0.15, 0.2) is 8.32 Å². The highest BCUT2D eigenvalue weighted by Gasteiger charge is 2.36. The lowest BCUT2D eigenvalue weighted by Crippen LogP contribution is -2.40. The van der Waals surface area contributed by atoms with Crippen LogP contribution in [0, 0.1) is 0 Å². The van der Waals surface area contributed by atoms with Gasteiger partial charge in [-0.2, -0.15) is 0 Å². The first-order chi connectivity index (χ1) is 9.70. The molecule has 0 saturated heterocycles. The average molecular weight is 313 g/mol. The van der Waals surface area contributed by atoms with Gasteiger partial charge in [-0.1, -0.05) is 71.4 Å². The summed E-state index contributed by atoms with van der Waals surface area (Å²) in [5.41, 5.74) is 1.55. The SMILES string of the molecule is CCCCCCCC/C(C)=C\CCO[Si](C)(C)C(C)(C)C. The van der Waals surface area contributed by atoms with Gasteiger partial charge in [-0.3, -0.25) is 0 Å². The predicted molar refractivity (Wildman–Crippen MR) is 99.5 cm³/mol. The molecule has 0 amide bonds. The summed E-state index contributed by atoms with van der Waals surface area (Å²) in [5.74, 6) is 0. The van der Waals surface area contributed by atoms with Crippen LogP contribution in [0.3, 0.4) is 0 Å². The van der Waals surface area contributed by atoms with Gasteiger partial charge in [0.25, 0.3) is 0 Å². The molecule has 0 aromatic carbocycles. The zero-order valence-electron chi connectivity index (χ0n) is 15.8. The average Bonchev–Trinajstić information content (AvgIpc) is 2.37. The van der Waals surface area contributed by atoms with E-state index in [0.29, 0.717) is 5.04 Å². The Labute approximate surface area is 135 Å².